The van der Waals surface area contributed by atoms with Gasteiger partial charge in [0.2, 0.25) is 5.91 Å². The Kier molecular flexibility index (Phi) is 4.32. The van der Waals surface area contributed by atoms with Crippen molar-refractivity contribution in [1.82, 2.24) is 0 Å². The van der Waals surface area contributed by atoms with E-state index < -0.39 is 6.04 Å². The molecule has 1 atom stereocenters. The molecule has 1 aromatic rings. The standard InChI is InChI=1S/C12H17IN2O/c1-12(2,3)10(14)11(16)15-9-6-4-8(13)5-7-9/h4-7,10H,14H2,1-3H3,(H,15,16). The highest BCUT2D eigenvalue weighted by Gasteiger charge is 2.27. The zero-order valence-corrected chi connectivity index (χ0v) is 11.9. The molecule has 0 bridgehead atoms. The number of nitrogens with two attached hydrogens (primary N) is 1. The van der Waals surface area contributed by atoms with Crippen molar-refractivity contribution < 1.29 is 4.79 Å². The number of carbonyl (C=O) groups is 1. The van der Waals surface area contributed by atoms with Crippen LogP contribution in [-0.2, 0) is 4.79 Å². The van der Waals surface area contributed by atoms with Gasteiger partial charge in [-0.25, -0.2) is 0 Å². The highest BCUT2D eigenvalue weighted by Crippen LogP contribution is 2.19. The maximum atomic E-state index is 11.8. The normalized spacial score (nSPS) is 13.3. The van der Waals surface area contributed by atoms with Crippen molar-refractivity contribution in [3.63, 3.8) is 0 Å². The molecule has 0 aliphatic rings. The van der Waals surface area contributed by atoms with E-state index in [0.717, 1.165) is 9.26 Å². The van der Waals surface area contributed by atoms with Gasteiger partial charge in [0, 0.05) is 9.26 Å². The summed E-state index contributed by atoms with van der Waals surface area (Å²) in [5, 5.41) is 2.81. The lowest BCUT2D eigenvalue weighted by Gasteiger charge is -2.25. The molecule has 1 amide bonds. The minimum atomic E-state index is -0.508. The van der Waals surface area contributed by atoms with Crippen LogP contribution in [0.3, 0.4) is 0 Å². The van der Waals surface area contributed by atoms with E-state index in [1.54, 1.807) is 0 Å². The van der Waals surface area contributed by atoms with Crippen LogP contribution in [0.25, 0.3) is 0 Å². The first-order chi connectivity index (χ1) is 7.30. The Labute approximate surface area is 110 Å². The Morgan fingerprint density at radius 1 is 1.31 bits per heavy atom. The molecule has 0 fully saturated rings. The highest BCUT2D eigenvalue weighted by atomic mass is 127. The number of rotatable bonds is 2. The summed E-state index contributed by atoms with van der Waals surface area (Å²) in [5.74, 6) is -0.145. The van der Waals surface area contributed by atoms with E-state index in [1.807, 2.05) is 45.0 Å². The summed E-state index contributed by atoms with van der Waals surface area (Å²) in [6, 6.07) is 7.12. The summed E-state index contributed by atoms with van der Waals surface area (Å²) < 4.78 is 1.13. The summed E-state index contributed by atoms with van der Waals surface area (Å²) in [7, 11) is 0. The van der Waals surface area contributed by atoms with Crippen molar-refractivity contribution in [2.45, 2.75) is 26.8 Å². The summed E-state index contributed by atoms with van der Waals surface area (Å²) >= 11 is 2.22. The minimum Gasteiger partial charge on any atom is -0.325 e. The van der Waals surface area contributed by atoms with Gasteiger partial charge in [-0.2, -0.15) is 0 Å². The monoisotopic (exact) mass is 332 g/mol. The van der Waals surface area contributed by atoms with Crippen LogP contribution in [0.4, 0.5) is 5.69 Å². The van der Waals surface area contributed by atoms with Crippen LogP contribution in [-0.4, -0.2) is 11.9 Å². The van der Waals surface area contributed by atoms with Gasteiger partial charge in [-0.3, -0.25) is 4.79 Å². The van der Waals surface area contributed by atoms with E-state index in [2.05, 4.69) is 27.9 Å². The summed E-state index contributed by atoms with van der Waals surface area (Å²) in [6.07, 6.45) is 0. The average Bonchev–Trinajstić information content (AvgIpc) is 2.19. The third-order valence-electron chi connectivity index (χ3n) is 2.33. The SMILES string of the molecule is CC(C)(C)C(N)C(=O)Nc1ccc(I)cc1. The molecule has 0 aromatic heterocycles. The molecule has 0 saturated carbocycles. The first kappa shape index (κ1) is 13.4. The number of anilines is 1. The second-order valence-electron chi connectivity index (χ2n) is 4.84. The molecule has 0 radical (unpaired) electrons. The number of amides is 1. The Balaban J connectivity index is 2.68. The number of hydrogen-bond acceptors (Lipinski definition) is 2. The number of nitrogens with one attached hydrogen (secondary N) is 1. The Morgan fingerprint density at radius 2 is 1.81 bits per heavy atom. The van der Waals surface area contributed by atoms with Crippen molar-refractivity contribution in [3.05, 3.63) is 27.8 Å². The second kappa shape index (κ2) is 5.14. The van der Waals surface area contributed by atoms with E-state index >= 15 is 0 Å². The lowest BCUT2D eigenvalue weighted by Crippen LogP contribution is -2.45. The number of benzene rings is 1. The number of carbonyl (C=O) groups excluding carboxylic acids is 1. The van der Waals surface area contributed by atoms with Crippen LogP contribution in [0.5, 0.6) is 0 Å². The molecule has 0 aliphatic heterocycles. The first-order valence-corrected chi connectivity index (χ1v) is 6.20. The predicted octanol–water partition coefficient (Wildman–Crippen LogP) is 2.60. The Morgan fingerprint density at radius 3 is 2.25 bits per heavy atom. The van der Waals surface area contributed by atoms with Gasteiger partial charge in [-0.1, -0.05) is 20.8 Å². The van der Waals surface area contributed by atoms with Crippen LogP contribution in [0.15, 0.2) is 24.3 Å². The fourth-order valence-corrected chi connectivity index (χ4v) is 1.51. The lowest BCUT2D eigenvalue weighted by molar-refractivity contribution is -0.119. The molecule has 0 heterocycles. The van der Waals surface area contributed by atoms with Gasteiger partial charge < -0.3 is 11.1 Å². The maximum Gasteiger partial charge on any atom is 0.241 e. The van der Waals surface area contributed by atoms with Crippen LogP contribution >= 0.6 is 22.6 Å². The third kappa shape index (κ3) is 3.75. The van der Waals surface area contributed by atoms with Gasteiger partial charge in [0.15, 0.2) is 0 Å². The van der Waals surface area contributed by atoms with Crippen molar-refractivity contribution >= 4 is 34.2 Å². The van der Waals surface area contributed by atoms with Crippen LogP contribution < -0.4 is 11.1 Å². The predicted molar refractivity (Wildman–Crippen MR) is 75.2 cm³/mol. The average molecular weight is 332 g/mol. The van der Waals surface area contributed by atoms with Gasteiger partial charge in [-0.15, -0.1) is 0 Å². The number of halogens is 1. The third-order valence-corrected chi connectivity index (χ3v) is 3.05. The summed E-state index contributed by atoms with van der Waals surface area (Å²) in [6.45, 7) is 5.85. The van der Waals surface area contributed by atoms with Crippen molar-refractivity contribution in [2.75, 3.05) is 5.32 Å². The Bertz CT molecular complexity index is 368. The molecule has 1 rings (SSSR count). The molecule has 3 nitrogen and oxygen atoms in total. The van der Waals surface area contributed by atoms with Gasteiger partial charge in [0.25, 0.3) is 0 Å². The fourth-order valence-electron chi connectivity index (χ4n) is 1.15. The van der Waals surface area contributed by atoms with Crippen molar-refractivity contribution in [1.29, 1.82) is 0 Å². The Hall–Kier alpha value is -0.620. The van der Waals surface area contributed by atoms with Crippen LogP contribution in [0, 0.1) is 8.99 Å². The molecule has 88 valence electrons. The maximum absolute atomic E-state index is 11.8. The fraction of sp³-hybridized carbons (Fsp3) is 0.417. The van der Waals surface area contributed by atoms with Gasteiger partial charge in [0.05, 0.1) is 6.04 Å². The highest BCUT2D eigenvalue weighted by molar-refractivity contribution is 14.1. The van der Waals surface area contributed by atoms with E-state index in [9.17, 15) is 4.79 Å². The smallest absolute Gasteiger partial charge is 0.241 e. The molecule has 3 N–H and O–H groups in total. The second-order valence-corrected chi connectivity index (χ2v) is 6.09. The molecule has 1 aromatic carbocycles. The lowest BCUT2D eigenvalue weighted by atomic mass is 9.87. The molecule has 16 heavy (non-hydrogen) atoms. The van der Waals surface area contributed by atoms with Crippen LogP contribution in [0.2, 0.25) is 0 Å². The van der Waals surface area contributed by atoms with E-state index in [4.69, 9.17) is 5.73 Å². The first-order valence-electron chi connectivity index (χ1n) is 5.13. The largest absolute Gasteiger partial charge is 0.325 e. The zero-order valence-electron chi connectivity index (χ0n) is 9.75. The quantitative estimate of drug-likeness (QED) is 0.818. The van der Waals surface area contributed by atoms with Crippen molar-refractivity contribution in [2.24, 2.45) is 11.1 Å². The molecule has 4 heteroatoms. The van der Waals surface area contributed by atoms with Crippen LogP contribution in [0.1, 0.15) is 20.8 Å². The zero-order chi connectivity index (χ0) is 12.3. The van der Waals surface area contributed by atoms with E-state index in [0.29, 0.717) is 0 Å². The minimum absolute atomic E-state index is 0.145. The van der Waals surface area contributed by atoms with E-state index in [1.165, 1.54) is 0 Å². The molecule has 1 unspecified atom stereocenters. The number of hydrogen-bond donors (Lipinski definition) is 2. The van der Waals surface area contributed by atoms with Gasteiger partial charge >= 0.3 is 0 Å². The molecule has 0 aliphatic carbocycles. The van der Waals surface area contributed by atoms with Gasteiger partial charge in [0.1, 0.15) is 0 Å². The van der Waals surface area contributed by atoms with Gasteiger partial charge in [-0.05, 0) is 52.3 Å². The molecule has 0 saturated heterocycles. The van der Waals surface area contributed by atoms with E-state index in [-0.39, 0.29) is 11.3 Å². The molecular formula is C12H17IN2O. The van der Waals surface area contributed by atoms with Crippen molar-refractivity contribution in [3.8, 4) is 0 Å². The summed E-state index contributed by atoms with van der Waals surface area (Å²) in [4.78, 5) is 11.8. The molecule has 0 spiro atoms. The topological polar surface area (TPSA) is 55.1 Å². The summed E-state index contributed by atoms with van der Waals surface area (Å²) in [5.41, 5.74) is 6.41. The molecular weight excluding hydrogens is 315 g/mol.